The van der Waals surface area contributed by atoms with Crippen LogP contribution in [0.15, 0.2) is 18.2 Å². The van der Waals surface area contributed by atoms with E-state index in [0.29, 0.717) is 22.0 Å². The highest BCUT2D eigenvalue weighted by Gasteiger charge is 2.13. The van der Waals surface area contributed by atoms with Crippen LogP contribution in [0.1, 0.15) is 24.9 Å². The average Bonchev–Trinajstić information content (AvgIpc) is 2.24. The fraction of sp³-hybridized carbons (Fsp3) is 0.364. The maximum Gasteiger partial charge on any atom is 0.220 e. The lowest BCUT2D eigenvalue weighted by atomic mass is 10.1. The highest BCUT2D eigenvalue weighted by molar-refractivity contribution is 6.34. The van der Waals surface area contributed by atoms with Crippen LogP contribution < -0.4 is 5.32 Å². The van der Waals surface area contributed by atoms with Crippen molar-refractivity contribution in [3.8, 4) is 0 Å². The zero-order valence-corrected chi connectivity index (χ0v) is 10.3. The van der Waals surface area contributed by atoms with Gasteiger partial charge in [0.2, 0.25) is 5.91 Å². The summed E-state index contributed by atoms with van der Waals surface area (Å²) in [5, 5.41) is 12.8. The van der Waals surface area contributed by atoms with Crippen molar-refractivity contribution in [3.05, 3.63) is 33.8 Å². The number of hydrogen-bond acceptors (Lipinski definition) is 2. The number of rotatable bonds is 4. The van der Waals surface area contributed by atoms with Crippen LogP contribution in [0, 0.1) is 0 Å². The number of nitrogens with one attached hydrogen (secondary N) is 1. The molecule has 1 amide bonds. The molecule has 0 spiro atoms. The molecule has 0 aliphatic heterocycles. The van der Waals surface area contributed by atoms with Crippen molar-refractivity contribution in [2.75, 3.05) is 6.61 Å². The van der Waals surface area contributed by atoms with Gasteiger partial charge in [-0.25, -0.2) is 0 Å². The first-order chi connectivity index (χ1) is 7.56. The van der Waals surface area contributed by atoms with Crippen molar-refractivity contribution in [2.24, 2.45) is 0 Å². The van der Waals surface area contributed by atoms with Gasteiger partial charge in [0.1, 0.15) is 0 Å². The predicted octanol–water partition coefficient (Wildman–Crippen LogP) is 2.55. The van der Waals surface area contributed by atoms with E-state index in [1.807, 2.05) is 0 Å². The van der Waals surface area contributed by atoms with Crippen molar-refractivity contribution in [1.29, 1.82) is 0 Å². The molecule has 1 atom stereocenters. The van der Waals surface area contributed by atoms with Crippen molar-refractivity contribution in [1.82, 2.24) is 5.32 Å². The molecule has 1 unspecified atom stereocenters. The molecule has 0 fully saturated rings. The molecule has 0 saturated carbocycles. The number of carbonyl (C=O) groups excluding carboxylic acids is 1. The van der Waals surface area contributed by atoms with E-state index >= 15 is 0 Å². The summed E-state index contributed by atoms with van der Waals surface area (Å²) in [4.78, 5) is 11.2. The lowest BCUT2D eigenvalue weighted by Gasteiger charge is -2.16. The molecule has 16 heavy (non-hydrogen) atoms. The summed E-state index contributed by atoms with van der Waals surface area (Å²) >= 11 is 11.7. The minimum atomic E-state index is -0.469. The summed E-state index contributed by atoms with van der Waals surface area (Å²) in [5.41, 5.74) is 0.696. The fourth-order valence-electron chi connectivity index (χ4n) is 1.31. The van der Waals surface area contributed by atoms with Crippen molar-refractivity contribution in [3.63, 3.8) is 0 Å². The van der Waals surface area contributed by atoms with E-state index in [4.69, 9.17) is 23.2 Å². The number of carbonyl (C=O) groups is 1. The van der Waals surface area contributed by atoms with Gasteiger partial charge in [-0.2, -0.15) is 0 Å². The highest BCUT2D eigenvalue weighted by atomic mass is 35.5. The fourth-order valence-corrected chi connectivity index (χ4v) is 1.85. The maximum absolute atomic E-state index is 11.2. The second kappa shape index (κ2) is 6.09. The molecule has 0 radical (unpaired) electrons. The first-order valence-electron chi connectivity index (χ1n) is 4.93. The average molecular weight is 262 g/mol. The number of halogens is 2. The Bertz CT molecular complexity index is 362. The second-order valence-corrected chi connectivity index (χ2v) is 4.23. The van der Waals surface area contributed by atoms with E-state index in [9.17, 15) is 9.90 Å². The summed E-state index contributed by atoms with van der Waals surface area (Å²) in [6.07, 6.45) is 0.366. The monoisotopic (exact) mass is 261 g/mol. The highest BCUT2D eigenvalue weighted by Crippen LogP contribution is 2.23. The van der Waals surface area contributed by atoms with Gasteiger partial charge in [0, 0.05) is 16.5 Å². The molecule has 0 bridgehead atoms. The van der Waals surface area contributed by atoms with Gasteiger partial charge in [0.15, 0.2) is 0 Å². The molecule has 1 rings (SSSR count). The normalized spacial score (nSPS) is 12.2. The zero-order valence-electron chi connectivity index (χ0n) is 8.84. The van der Waals surface area contributed by atoms with Gasteiger partial charge < -0.3 is 10.4 Å². The number of benzene rings is 1. The summed E-state index contributed by atoms with van der Waals surface area (Å²) in [6.45, 7) is 1.55. The van der Waals surface area contributed by atoms with Crippen molar-refractivity contribution >= 4 is 29.1 Å². The molecule has 5 heteroatoms. The van der Waals surface area contributed by atoms with E-state index in [2.05, 4.69) is 5.32 Å². The molecule has 1 aromatic rings. The molecule has 88 valence electrons. The molecular formula is C11H13Cl2NO2. The third kappa shape index (κ3) is 3.67. The third-order valence-corrected chi connectivity index (χ3v) is 2.56. The Kier molecular flexibility index (Phi) is 5.06. The van der Waals surface area contributed by atoms with Gasteiger partial charge in [-0.3, -0.25) is 4.79 Å². The molecule has 0 heterocycles. The van der Waals surface area contributed by atoms with Crippen molar-refractivity contribution in [2.45, 2.75) is 19.4 Å². The summed E-state index contributed by atoms with van der Waals surface area (Å²) in [6, 6.07) is 4.47. The SMILES string of the molecule is CCC(=O)NC(CO)c1cc(Cl)cc(Cl)c1. The molecule has 0 aromatic heterocycles. The van der Waals surface area contributed by atoms with Gasteiger partial charge in [0.25, 0.3) is 0 Å². The van der Waals surface area contributed by atoms with Crippen LogP contribution in [0.3, 0.4) is 0 Å². The smallest absolute Gasteiger partial charge is 0.220 e. The van der Waals surface area contributed by atoms with Crippen LogP contribution in [0.5, 0.6) is 0 Å². The van der Waals surface area contributed by atoms with Crippen LogP contribution in [0.2, 0.25) is 10.0 Å². The van der Waals surface area contributed by atoms with Crippen LogP contribution in [0.4, 0.5) is 0 Å². The minimum Gasteiger partial charge on any atom is -0.394 e. The standard InChI is InChI=1S/C11H13Cl2NO2/c1-2-11(16)14-10(6-15)7-3-8(12)5-9(13)4-7/h3-5,10,15H,2,6H2,1H3,(H,14,16). The lowest BCUT2D eigenvalue weighted by Crippen LogP contribution is -2.30. The Labute approximate surface area is 104 Å². The van der Waals surface area contributed by atoms with Gasteiger partial charge in [-0.05, 0) is 23.8 Å². The summed E-state index contributed by atoms with van der Waals surface area (Å²) in [7, 11) is 0. The maximum atomic E-state index is 11.2. The summed E-state index contributed by atoms with van der Waals surface area (Å²) < 4.78 is 0. The van der Waals surface area contributed by atoms with Gasteiger partial charge in [-0.1, -0.05) is 30.1 Å². The molecule has 3 nitrogen and oxygen atoms in total. The molecule has 2 N–H and O–H groups in total. The van der Waals surface area contributed by atoms with E-state index < -0.39 is 6.04 Å². The van der Waals surface area contributed by atoms with Crippen molar-refractivity contribution < 1.29 is 9.90 Å². The largest absolute Gasteiger partial charge is 0.394 e. The van der Waals surface area contributed by atoms with Gasteiger partial charge in [-0.15, -0.1) is 0 Å². The Morgan fingerprint density at radius 1 is 1.38 bits per heavy atom. The lowest BCUT2D eigenvalue weighted by molar-refractivity contribution is -0.121. The van der Waals surface area contributed by atoms with E-state index in [1.165, 1.54) is 0 Å². The Morgan fingerprint density at radius 3 is 2.38 bits per heavy atom. The third-order valence-electron chi connectivity index (χ3n) is 2.13. The number of amides is 1. The van der Waals surface area contributed by atoms with Crippen LogP contribution >= 0.6 is 23.2 Å². The molecule has 0 aliphatic carbocycles. The Balaban J connectivity index is 2.90. The zero-order chi connectivity index (χ0) is 12.1. The Morgan fingerprint density at radius 2 is 1.94 bits per heavy atom. The van der Waals surface area contributed by atoms with E-state index in [-0.39, 0.29) is 12.5 Å². The number of aliphatic hydroxyl groups excluding tert-OH is 1. The first kappa shape index (κ1) is 13.3. The molecular weight excluding hydrogens is 249 g/mol. The summed E-state index contributed by atoms with van der Waals surface area (Å²) in [5.74, 6) is -0.129. The number of hydrogen-bond donors (Lipinski definition) is 2. The second-order valence-electron chi connectivity index (χ2n) is 3.36. The number of aliphatic hydroxyl groups is 1. The van der Waals surface area contributed by atoms with Crippen LogP contribution in [-0.4, -0.2) is 17.6 Å². The predicted molar refractivity (Wildman–Crippen MR) is 64.7 cm³/mol. The first-order valence-corrected chi connectivity index (χ1v) is 5.68. The molecule has 0 aliphatic rings. The quantitative estimate of drug-likeness (QED) is 0.876. The topological polar surface area (TPSA) is 49.3 Å². The molecule has 1 aromatic carbocycles. The minimum absolute atomic E-state index is 0.129. The van der Waals surface area contributed by atoms with Gasteiger partial charge >= 0.3 is 0 Å². The Hall–Kier alpha value is -0.770. The van der Waals surface area contributed by atoms with E-state index in [1.54, 1.807) is 25.1 Å². The van der Waals surface area contributed by atoms with Crippen LogP contribution in [-0.2, 0) is 4.79 Å². The van der Waals surface area contributed by atoms with E-state index in [0.717, 1.165) is 0 Å². The van der Waals surface area contributed by atoms with Crippen LogP contribution in [0.25, 0.3) is 0 Å². The van der Waals surface area contributed by atoms with Gasteiger partial charge in [0.05, 0.1) is 12.6 Å². The molecule has 0 saturated heterocycles.